The molecule has 2 N–H and O–H groups in total. The average molecular weight is 190 g/mol. The van der Waals surface area contributed by atoms with Crippen molar-refractivity contribution in [1.82, 2.24) is 0 Å². The van der Waals surface area contributed by atoms with Crippen LogP contribution in [0.15, 0.2) is 0 Å². The van der Waals surface area contributed by atoms with Gasteiger partial charge < -0.3 is 14.9 Å². The highest BCUT2D eigenvalue weighted by Crippen LogP contribution is 1.96. The standard InChI is InChI=1S/C8H14O5/c1-2-6(9)5-13-8(12)4-3-7(10)11/h6,9H,2-5H2,1H3,(H,10,11). The van der Waals surface area contributed by atoms with E-state index in [9.17, 15) is 9.59 Å². The summed E-state index contributed by atoms with van der Waals surface area (Å²) in [4.78, 5) is 20.8. The van der Waals surface area contributed by atoms with E-state index in [0.717, 1.165) is 0 Å². The number of hydrogen-bond donors (Lipinski definition) is 2. The summed E-state index contributed by atoms with van der Waals surface area (Å²) in [6, 6.07) is 0. The Bertz CT molecular complexity index is 177. The van der Waals surface area contributed by atoms with Gasteiger partial charge in [-0.05, 0) is 6.42 Å². The molecule has 0 radical (unpaired) electrons. The van der Waals surface area contributed by atoms with Gasteiger partial charge in [-0.1, -0.05) is 6.92 Å². The van der Waals surface area contributed by atoms with Crippen LogP contribution in [0.25, 0.3) is 0 Å². The summed E-state index contributed by atoms with van der Waals surface area (Å²) in [5.41, 5.74) is 0. The first-order chi connectivity index (χ1) is 6.06. The Morgan fingerprint density at radius 3 is 2.46 bits per heavy atom. The molecule has 0 aromatic heterocycles. The fourth-order valence-electron chi connectivity index (χ4n) is 0.588. The maximum absolute atomic E-state index is 10.8. The second-order valence-electron chi connectivity index (χ2n) is 2.64. The number of aliphatic carboxylic acids is 1. The Morgan fingerprint density at radius 1 is 1.38 bits per heavy atom. The molecule has 5 heteroatoms. The van der Waals surface area contributed by atoms with E-state index in [4.69, 9.17) is 10.2 Å². The van der Waals surface area contributed by atoms with Crippen molar-refractivity contribution in [3.05, 3.63) is 0 Å². The molecular formula is C8H14O5. The fraction of sp³-hybridized carbons (Fsp3) is 0.750. The molecule has 76 valence electrons. The average Bonchev–Trinajstić information content (AvgIpc) is 2.10. The molecule has 0 heterocycles. The van der Waals surface area contributed by atoms with Crippen molar-refractivity contribution in [2.45, 2.75) is 32.3 Å². The van der Waals surface area contributed by atoms with Crippen LogP contribution in [0, 0.1) is 0 Å². The second kappa shape index (κ2) is 6.42. The van der Waals surface area contributed by atoms with E-state index in [2.05, 4.69) is 4.74 Å². The van der Waals surface area contributed by atoms with Crippen LogP contribution >= 0.6 is 0 Å². The molecule has 0 saturated carbocycles. The maximum atomic E-state index is 10.8. The van der Waals surface area contributed by atoms with E-state index in [0.29, 0.717) is 6.42 Å². The number of carboxylic acids is 1. The molecule has 0 amide bonds. The lowest BCUT2D eigenvalue weighted by Crippen LogP contribution is -2.18. The Hall–Kier alpha value is -1.10. The van der Waals surface area contributed by atoms with Crippen LogP contribution in [0.4, 0.5) is 0 Å². The monoisotopic (exact) mass is 190 g/mol. The highest BCUT2D eigenvalue weighted by Gasteiger charge is 2.08. The Kier molecular flexibility index (Phi) is 5.88. The Balaban J connectivity index is 3.46. The lowest BCUT2D eigenvalue weighted by Gasteiger charge is -2.07. The summed E-state index contributed by atoms with van der Waals surface area (Å²) in [5, 5.41) is 17.2. The molecule has 0 aliphatic heterocycles. The number of aliphatic hydroxyl groups is 1. The predicted octanol–water partition coefficient (Wildman–Crippen LogP) is 0.165. The maximum Gasteiger partial charge on any atom is 0.306 e. The van der Waals surface area contributed by atoms with Crippen molar-refractivity contribution in [1.29, 1.82) is 0 Å². The summed E-state index contributed by atoms with van der Waals surface area (Å²) in [5.74, 6) is -1.62. The molecule has 0 aliphatic rings. The van der Waals surface area contributed by atoms with Gasteiger partial charge in [-0.25, -0.2) is 0 Å². The van der Waals surface area contributed by atoms with Gasteiger partial charge in [-0.2, -0.15) is 0 Å². The highest BCUT2D eigenvalue weighted by atomic mass is 16.5. The van der Waals surface area contributed by atoms with Gasteiger partial charge >= 0.3 is 11.9 Å². The van der Waals surface area contributed by atoms with E-state index in [1.165, 1.54) is 0 Å². The normalized spacial score (nSPS) is 12.2. The Morgan fingerprint density at radius 2 is 2.00 bits per heavy atom. The minimum atomic E-state index is -1.03. The largest absolute Gasteiger partial charge is 0.481 e. The minimum absolute atomic E-state index is 0.0606. The van der Waals surface area contributed by atoms with Crippen LogP contribution in [-0.2, 0) is 14.3 Å². The number of esters is 1. The third-order valence-corrected chi connectivity index (χ3v) is 1.45. The zero-order valence-electron chi connectivity index (χ0n) is 7.52. The fourth-order valence-corrected chi connectivity index (χ4v) is 0.588. The van der Waals surface area contributed by atoms with Gasteiger partial charge in [0.2, 0.25) is 0 Å². The number of carbonyl (C=O) groups is 2. The number of ether oxygens (including phenoxy) is 1. The van der Waals surface area contributed by atoms with Gasteiger partial charge in [0.1, 0.15) is 6.61 Å². The molecule has 5 nitrogen and oxygen atoms in total. The zero-order valence-corrected chi connectivity index (χ0v) is 7.52. The summed E-state index contributed by atoms with van der Waals surface area (Å²) < 4.78 is 4.59. The highest BCUT2D eigenvalue weighted by molar-refractivity contribution is 5.76. The van der Waals surface area contributed by atoms with Crippen LogP contribution in [0.3, 0.4) is 0 Å². The van der Waals surface area contributed by atoms with Crippen molar-refractivity contribution in [2.75, 3.05) is 6.61 Å². The van der Waals surface area contributed by atoms with E-state index in [1.807, 2.05) is 0 Å². The van der Waals surface area contributed by atoms with Gasteiger partial charge in [0.05, 0.1) is 18.9 Å². The lowest BCUT2D eigenvalue weighted by atomic mass is 10.3. The van der Waals surface area contributed by atoms with Crippen molar-refractivity contribution in [2.24, 2.45) is 0 Å². The topological polar surface area (TPSA) is 83.8 Å². The molecular weight excluding hydrogens is 176 g/mol. The van der Waals surface area contributed by atoms with Crippen LogP contribution < -0.4 is 0 Å². The predicted molar refractivity (Wildman–Crippen MR) is 44.1 cm³/mol. The number of carbonyl (C=O) groups excluding carboxylic acids is 1. The molecule has 0 aliphatic carbocycles. The van der Waals surface area contributed by atoms with Crippen LogP contribution in [0.1, 0.15) is 26.2 Å². The zero-order chi connectivity index (χ0) is 10.3. The molecule has 0 aromatic carbocycles. The summed E-state index contributed by atoms with van der Waals surface area (Å²) in [6.07, 6.45) is -0.534. The second-order valence-corrected chi connectivity index (χ2v) is 2.64. The van der Waals surface area contributed by atoms with E-state index in [1.54, 1.807) is 6.92 Å². The van der Waals surface area contributed by atoms with Crippen molar-refractivity contribution < 1.29 is 24.5 Å². The summed E-state index contributed by atoms with van der Waals surface area (Å²) in [7, 11) is 0. The third-order valence-electron chi connectivity index (χ3n) is 1.45. The molecule has 1 unspecified atom stereocenters. The van der Waals surface area contributed by atoms with Gasteiger partial charge in [0, 0.05) is 0 Å². The van der Waals surface area contributed by atoms with Crippen molar-refractivity contribution in [3.63, 3.8) is 0 Å². The van der Waals surface area contributed by atoms with E-state index >= 15 is 0 Å². The SMILES string of the molecule is CCC(O)COC(=O)CCC(=O)O. The third kappa shape index (κ3) is 7.27. The first-order valence-electron chi connectivity index (χ1n) is 4.11. The van der Waals surface area contributed by atoms with Crippen LogP contribution in [-0.4, -0.2) is 34.9 Å². The number of carboxylic acid groups (broad SMARTS) is 1. The number of rotatable bonds is 6. The number of hydrogen-bond acceptors (Lipinski definition) is 4. The van der Waals surface area contributed by atoms with Gasteiger partial charge in [-0.3, -0.25) is 9.59 Å². The molecule has 1 atom stereocenters. The van der Waals surface area contributed by atoms with Gasteiger partial charge in [0.25, 0.3) is 0 Å². The lowest BCUT2D eigenvalue weighted by molar-refractivity contribution is -0.149. The Labute approximate surface area is 76.3 Å². The van der Waals surface area contributed by atoms with E-state index < -0.39 is 18.0 Å². The van der Waals surface area contributed by atoms with E-state index in [-0.39, 0.29) is 19.4 Å². The quantitative estimate of drug-likeness (QED) is 0.583. The molecule has 0 bridgehead atoms. The first-order valence-corrected chi connectivity index (χ1v) is 4.11. The molecule has 0 fully saturated rings. The minimum Gasteiger partial charge on any atom is -0.481 e. The first kappa shape index (κ1) is 11.9. The van der Waals surface area contributed by atoms with Gasteiger partial charge in [-0.15, -0.1) is 0 Å². The smallest absolute Gasteiger partial charge is 0.306 e. The van der Waals surface area contributed by atoms with Crippen LogP contribution in [0.2, 0.25) is 0 Å². The molecule has 0 saturated heterocycles. The van der Waals surface area contributed by atoms with Crippen LogP contribution in [0.5, 0.6) is 0 Å². The number of aliphatic hydroxyl groups excluding tert-OH is 1. The van der Waals surface area contributed by atoms with Crippen molar-refractivity contribution >= 4 is 11.9 Å². The molecule has 0 aromatic rings. The molecule has 13 heavy (non-hydrogen) atoms. The van der Waals surface area contributed by atoms with Gasteiger partial charge in [0.15, 0.2) is 0 Å². The summed E-state index contributed by atoms with van der Waals surface area (Å²) in [6.45, 7) is 1.70. The molecule has 0 rings (SSSR count). The summed E-state index contributed by atoms with van der Waals surface area (Å²) >= 11 is 0. The molecule has 0 spiro atoms. The van der Waals surface area contributed by atoms with Crippen molar-refractivity contribution in [3.8, 4) is 0 Å².